The second-order valence-electron chi connectivity index (χ2n) is 6.23. The van der Waals surface area contributed by atoms with E-state index in [1.54, 1.807) is 14.0 Å². The lowest BCUT2D eigenvalue weighted by Gasteiger charge is -2.06. The van der Waals surface area contributed by atoms with Gasteiger partial charge in [0.15, 0.2) is 11.2 Å². The van der Waals surface area contributed by atoms with Crippen molar-refractivity contribution in [2.24, 2.45) is 14.1 Å². The zero-order valence-electron chi connectivity index (χ0n) is 14.9. The highest BCUT2D eigenvalue weighted by Crippen LogP contribution is 2.24. The number of hydrogen-bond acceptors (Lipinski definition) is 5. The molecule has 0 spiro atoms. The Labute approximate surface area is 158 Å². The maximum Gasteiger partial charge on any atom is 0.332 e. The molecule has 0 aliphatic heterocycles. The fourth-order valence-corrected chi connectivity index (χ4v) is 3.22. The third-order valence-electron chi connectivity index (χ3n) is 4.52. The summed E-state index contributed by atoms with van der Waals surface area (Å²) in [6.45, 7) is 2.00. The highest BCUT2D eigenvalue weighted by atomic mass is 35.5. The standard InChI is InChI=1S/C18H16ClN5O3/c1-10-12(20-15(27-10)11-7-5-4-6-8-11)9-24-13-14(21-17(24)19)22(2)18(26)23(3)16(13)25/h4-8H,9H2,1-3H3. The van der Waals surface area contributed by atoms with Gasteiger partial charge in [-0.25, -0.2) is 9.78 Å². The molecule has 0 amide bonds. The quantitative estimate of drug-likeness (QED) is 0.504. The lowest BCUT2D eigenvalue weighted by molar-refractivity contribution is 0.538. The van der Waals surface area contributed by atoms with Crippen molar-refractivity contribution in [2.75, 3.05) is 0 Å². The second kappa shape index (κ2) is 6.24. The van der Waals surface area contributed by atoms with Gasteiger partial charge in [0.05, 0.1) is 6.54 Å². The second-order valence-corrected chi connectivity index (χ2v) is 6.57. The molecule has 0 bridgehead atoms. The Morgan fingerprint density at radius 3 is 2.48 bits per heavy atom. The molecule has 0 saturated heterocycles. The van der Waals surface area contributed by atoms with E-state index in [0.717, 1.165) is 10.1 Å². The molecule has 3 heterocycles. The van der Waals surface area contributed by atoms with Gasteiger partial charge in [-0.15, -0.1) is 0 Å². The number of fused-ring (bicyclic) bond motifs is 1. The van der Waals surface area contributed by atoms with Crippen molar-refractivity contribution < 1.29 is 4.42 Å². The predicted molar refractivity (Wildman–Crippen MR) is 101 cm³/mol. The summed E-state index contributed by atoms with van der Waals surface area (Å²) in [5, 5.41) is 0.104. The van der Waals surface area contributed by atoms with Gasteiger partial charge >= 0.3 is 5.69 Å². The van der Waals surface area contributed by atoms with Crippen molar-refractivity contribution in [1.29, 1.82) is 0 Å². The summed E-state index contributed by atoms with van der Waals surface area (Å²) in [7, 11) is 2.97. The molecule has 0 aliphatic carbocycles. The number of hydrogen-bond donors (Lipinski definition) is 0. The molecule has 0 aliphatic rings. The summed E-state index contributed by atoms with van der Waals surface area (Å²) in [6.07, 6.45) is 0. The summed E-state index contributed by atoms with van der Waals surface area (Å²) in [4.78, 5) is 33.5. The van der Waals surface area contributed by atoms with Crippen molar-refractivity contribution in [3.05, 3.63) is 67.9 Å². The number of aryl methyl sites for hydroxylation is 2. The zero-order chi connectivity index (χ0) is 19.3. The summed E-state index contributed by atoms with van der Waals surface area (Å²) in [5.74, 6) is 1.11. The molecule has 0 unspecified atom stereocenters. The summed E-state index contributed by atoms with van der Waals surface area (Å²) in [6, 6.07) is 9.52. The van der Waals surface area contributed by atoms with Crippen molar-refractivity contribution in [3.63, 3.8) is 0 Å². The van der Waals surface area contributed by atoms with Crippen LogP contribution in [0.2, 0.25) is 5.28 Å². The maximum atomic E-state index is 12.6. The molecule has 4 rings (SSSR count). The van der Waals surface area contributed by atoms with Gasteiger partial charge in [0, 0.05) is 19.7 Å². The fourth-order valence-electron chi connectivity index (χ4n) is 2.99. The molecule has 3 aromatic heterocycles. The highest BCUT2D eigenvalue weighted by Gasteiger charge is 2.20. The molecule has 0 saturated carbocycles. The third kappa shape index (κ3) is 2.69. The Hall–Kier alpha value is -3.13. The van der Waals surface area contributed by atoms with E-state index in [1.165, 1.54) is 16.2 Å². The Bertz CT molecular complexity index is 1280. The van der Waals surface area contributed by atoms with E-state index in [-0.39, 0.29) is 23.0 Å². The topological polar surface area (TPSA) is 87.8 Å². The van der Waals surface area contributed by atoms with Crippen LogP contribution in [0.4, 0.5) is 0 Å². The van der Waals surface area contributed by atoms with Gasteiger partial charge in [-0.05, 0) is 30.7 Å². The molecule has 0 N–H and O–H groups in total. The molecule has 4 aromatic rings. The average Bonchev–Trinajstić information content (AvgIpc) is 3.20. The number of oxazole rings is 1. The van der Waals surface area contributed by atoms with Gasteiger partial charge in [-0.3, -0.25) is 13.9 Å². The number of rotatable bonds is 3. The smallest absolute Gasteiger partial charge is 0.332 e. The largest absolute Gasteiger partial charge is 0.441 e. The molecular formula is C18H16ClN5O3. The number of halogens is 1. The van der Waals surface area contributed by atoms with Crippen molar-refractivity contribution >= 4 is 22.8 Å². The molecule has 27 heavy (non-hydrogen) atoms. The number of nitrogens with zero attached hydrogens (tertiary/aromatic N) is 5. The molecule has 1 aromatic carbocycles. The van der Waals surface area contributed by atoms with Gasteiger partial charge in [-0.2, -0.15) is 4.98 Å². The minimum Gasteiger partial charge on any atom is -0.441 e. The van der Waals surface area contributed by atoms with Crippen molar-refractivity contribution in [3.8, 4) is 11.5 Å². The molecule has 0 radical (unpaired) electrons. The predicted octanol–water partition coefficient (Wildman–Crippen LogP) is 2.10. The van der Waals surface area contributed by atoms with Gasteiger partial charge in [-0.1, -0.05) is 18.2 Å². The maximum absolute atomic E-state index is 12.6. The van der Waals surface area contributed by atoms with Crippen molar-refractivity contribution in [1.82, 2.24) is 23.7 Å². The molecule has 0 fully saturated rings. The summed E-state index contributed by atoms with van der Waals surface area (Å²) < 4.78 is 9.64. The van der Waals surface area contributed by atoms with E-state index in [4.69, 9.17) is 16.0 Å². The van der Waals surface area contributed by atoms with Gasteiger partial charge in [0.2, 0.25) is 11.2 Å². The Kier molecular flexibility index (Phi) is 4.00. The normalized spacial score (nSPS) is 11.4. The summed E-state index contributed by atoms with van der Waals surface area (Å²) in [5.41, 5.74) is 1.04. The zero-order valence-corrected chi connectivity index (χ0v) is 15.7. The van der Waals surface area contributed by atoms with Crippen LogP contribution in [0.3, 0.4) is 0 Å². The minimum atomic E-state index is -0.461. The lowest BCUT2D eigenvalue weighted by Crippen LogP contribution is -2.37. The van der Waals surface area contributed by atoms with Crippen LogP contribution in [0.5, 0.6) is 0 Å². The Balaban J connectivity index is 1.86. The van der Waals surface area contributed by atoms with Crippen LogP contribution in [0.1, 0.15) is 11.5 Å². The molecular weight excluding hydrogens is 370 g/mol. The Morgan fingerprint density at radius 2 is 1.78 bits per heavy atom. The van der Waals surface area contributed by atoms with Crippen LogP contribution >= 0.6 is 11.6 Å². The van der Waals surface area contributed by atoms with Crippen LogP contribution in [-0.4, -0.2) is 23.7 Å². The van der Waals surface area contributed by atoms with E-state index in [0.29, 0.717) is 17.3 Å². The monoisotopic (exact) mass is 385 g/mol. The first-order valence-corrected chi connectivity index (χ1v) is 8.59. The first kappa shape index (κ1) is 17.3. The van der Waals surface area contributed by atoms with Gasteiger partial charge in [0.1, 0.15) is 11.5 Å². The van der Waals surface area contributed by atoms with Gasteiger partial charge in [0.25, 0.3) is 5.56 Å². The SMILES string of the molecule is Cc1oc(-c2ccccc2)nc1Cn1c(Cl)nc2c1c(=O)n(C)c(=O)n2C. The number of imidazole rings is 1. The Morgan fingerprint density at radius 1 is 1.07 bits per heavy atom. The first-order chi connectivity index (χ1) is 12.9. The highest BCUT2D eigenvalue weighted by molar-refractivity contribution is 6.29. The van der Waals surface area contributed by atoms with E-state index in [2.05, 4.69) is 9.97 Å². The molecule has 138 valence electrons. The van der Waals surface area contributed by atoms with E-state index in [1.807, 2.05) is 30.3 Å². The van der Waals surface area contributed by atoms with E-state index >= 15 is 0 Å². The van der Waals surface area contributed by atoms with E-state index in [9.17, 15) is 9.59 Å². The number of benzene rings is 1. The van der Waals surface area contributed by atoms with Crippen LogP contribution in [-0.2, 0) is 20.6 Å². The van der Waals surface area contributed by atoms with Crippen LogP contribution in [0, 0.1) is 6.92 Å². The van der Waals surface area contributed by atoms with Gasteiger partial charge < -0.3 is 8.98 Å². The fraction of sp³-hybridized carbons (Fsp3) is 0.222. The minimum absolute atomic E-state index is 0.104. The summed E-state index contributed by atoms with van der Waals surface area (Å²) >= 11 is 6.27. The van der Waals surface area contributed by atoms with Crippen molar-refractivity contribution in [2.45, 2.75) is 13.5 Å². The van der Waals surface area contributed by atoms with Crippen LogP contribution in [0.25, 0.3) is 22.6 Å². The molecule has 0 atom stereocenters. The molecule has 8 nitrogen and oxygen atoms in total. The third-order valence-corrected chi connectivity index (χ3v) is 4.81. The average molecular weight is 386 g/mol. The van der Waals surface area contributed by atoms with Crippen LogP contribution < -0.4 is 11.2 Å². The lowest BCUT2D eigenvalue weighted by atomic mass is 10.2. The van der Waals surface area contributed by atoms with Crippen LogP contribution in [0.15, 0.2) is 44.3 Å². The first-order valence-electron chi connectivity index (χ1n) is 8.22. The number of aromatic nitrogens is 5. The van der Waals surface area contributed by atoms with E-state index < -0.39 is 11.2 Å². The molecule has 9 heteroatoms.